The van der Waals surface area contributed by atoms with Gasteiger partial charge in [0, 0.05) is 0 Å². The molecule has 0 aliphatic heterocycles. The molecule has 1 aliphatic rings. The van der Waals surface area contributed by atoms with Gasteiger partial charge >= 0.3 is 17.9 Å². The van der Waals surface area contributed by atoms with Crippen LogP contribution in [-0.4, -0.2) is 37.7 Å². The molecule has 6 nitrogen and oxygen atoms in total. The lowest BCUT2D eigenvalue weighted by Crippen LogP contribution is -2.52. The van der Waals surface area contributed by atoms with Crippen molar-refractivity contribution in [3.05, 3.63) is 0 Å². The highest BCUT2D eigenvalue weighted by atomic mass is 16.6. The Balaban J connectivity index is 2.96. The first-order valence-corrected chi connectivity index (χ1v) is 12.1. The fraction of sp³-hybridized carbons (Fsp3) is 0.875. The van der Waals surface area contributed by atoms with Crippen molar-refractivity contribution in [1.82, 2.24) is 0 Å². The number of unbranched alkanes of at least 4 members (excludes halogenated alkanes) is 6. The normalized spacial score (nSPS) is 17.9. The lowest BCUT2D eigenvalue weighted by atomic mass is 9.66. The highest BCUT2D eigenvalue weighted by Gasteiger charge is 2.59. The van der Waals surface area contributed by atoms with E-state index in [1.165, 1.54) is 0 Å². The van der Waals surface area contributed by atoms with Gasteiger partial charge in [-0.2, -0.15) is 0 Å². The van der Waals surface area contributed by atoms with Gasteiger partial charge in [-0.25, -0.2) is 0 Å². The molecule has 6 heteroatoms. The van der Waals surface area contributed by atoms with E-state index in [9.17, 15) is 14.4 Å². The van der Waals surface area contributed by atoms with Crippen molar-refractivity contribution in [1.29, 1.82) is 0 Å². The molecular weight excluding hydrogens is 384 g/mol. The number of hydrogen-bond donors (Lipinski definition) is 0. The number of ether oxygens (including phenoxy) is 3. The maximum absolute atomic E-state index is 13.2. The molecule has 0 amide bonds. The summed E-state index contributed by atoms with van der Waals surface area (Å²) >= 11 is 0. The predicted molar refractivity (Wildman–Crippen MR) is 116 cm³/mol. The molecule has 0 radical (unpaired) electrons. The van der Waals surface area contributed by atoms with Gasteiger partial charge in [0.05, 0.1) is 25.7 Å². The molecule has 0 spiro atoms. The van der Waals surface area contributed by atoms with E-state index in [1.54, 1.807) is 0 Å². The number of carbonyl (C=O) groups excluding carboxylic acids is 3. The third kappa shape index (κ3) is 7.92. The van der Waals surface area contributed by atoms with Gasteiger partial charge in [-0.05, 0) is 32.1 Å². The van der Waals surface area contributed by atoms with Gasteiger partial charge in [0.2, 0.25) is 0 Å². The smallest absolute Gasteiger partial charge is 0.324 e. The lowest BCUT2D eigenvalue weighted by molar-refractivity contribution is -0.187. The van der Waals surface area contributed by atoms with Gasteiger partial charge in [0.25, 0.3) is 0 Å². The Kier molecular flexibility index (Phi) is 13.4. The van der Waals surface area contributed by atoms with Crippen LogP contribution >= 0.6 is 0 Å². The van der Waals surface area contributed by atoms with Crippen LogP contribution in [0.5, 0.6) is 0 Å². The second-order valence-electron chi connectivity index (χ2n) is 8.33. The SMILES string of the molecule is CCCCCOC(=O)C1CCCCC1(C(=O)OCCCCC)C(=O)OCCCCC. The zero-order valence-electron chi connectivity index (χ0n) is 19.3. The van der Waals surface area contributed by atoms with Crippen molar-refractivity contribution in [3.8, 4) is 0 Å². The zero-order valence-corrected chi connectivity index (χ0v) is 19.3. The Labute approximate surface area is 182 Å². The predicted octanol–water partition coefficient (Wildman–Crippen LogP) is 5.36. The summed E-state index contributed by atoms with van der Waals surface area (Å²) in [6.45, 7) is 7.06. The van der Waals surface area contributed by atoms with E-state index >= 15 is 0 Å². The van der Waals surface area contributed by atoms with Crippen LogP contribution in [0.15, 0.2) is 0 Å². The Morgan fingerprint density at radius 2 is 1.17 bits per heavy atom. The second-order valence-corrected chi connectivity index (χ2v) is 8.33. The number of esters is 3. The van der Waals surface area contributed by atoms with Gasteiger partial charge < -0.3 is 14.2 Å². The van der Waals surface area contributed by atoms with Crippen molar-refractivity contribution in [2.24, 2.45) is 11.3 Å². The third-order valence-electron chi connectivity index (χ3n) is 5.88. The molecular formula is C24H42O6. The van der Waals surface area contributed by atoms with Gasteiger partial charge in [-0.15, -0.1) is 0 Å². The Hall–Kier alpha value is -1.59. The summed E-state index contributed by atoms with van der Waals surface area (Å²) in [6, 6.07) is 0. The van der Waals surface area contributed by atoms with Gasteiger partial charge in [-0.1, -0.05) is 72.1 Å². The summed E-state index contributed by atoms with van der Waals surface area (Å²) in [7, 11) is 0. The number of hydrogen-bond acceptors (Lipinski definition) is 6. The van der Waals surface area contributed by atoms with Crippen LogP contribution in [-0.2, 0) is 28.6 Å². The third-order valence-corrected chi connectivity index (χ3v) is 5.88. The van der Waals surface area contributed by atoms with Crippen LogP contribution in [0.25, 0.3) is 0 Å². The highest BCUT2D eigenvalue weighted by Crippen LogP contribution is 2.44. The summed E-state index contributed by atoms with van der Waals surface area (Å²) in [5.74, 6) is -2.53. The first-order chi connectivity index (χ1) is 14.5. The molecule has 0 saturated heterocycles. The van der Waals surface area contributed by atoms with Crippen LogP contribution in [0.1, 0.15) is 104 Å². The Morgan fingerprint density at radius 3 is 1.63 bits per heavy atom. The van der Waals surface area contributed by atoms with E-state index < -0.39 is 29.2 Å². The van der Waals surface area contributed by atoms with Crippen molar-refractivity contribution >= 4 is 17.9 Å². The minimum absolute atomic E-state index is 0.260. The van der Waals surface area contributed by atoms with Gasteiger partial charge in [0.1, 0.15) is 0 Å². The van der Waals surface area contributed by atoms with Gasteiger partial charge in [-0.3, -0.25) is 14.4 Å². The maximum Gasteiger partial charge on any atom is 0.324 e. The summed E-state index contributed by atoms with van der Waals surface area (Å²) < 4.78 is 16.5. The molecule has 0 aromatic heterocycles. The topological polar surface area (TPSA) is 78.9 Å². The summed E-state index contributed by atoms with van der Waals surface area (Å²) in [4.78, 5) is 39.2. The standard InChI is InChI=1S/C24H42O6/c1-4-7-12-17-28-21(25)20-15-10-11-16-24(20,22(26)29-18-13-8-5-2)23(27)30-19-14-9-6-3/h20H,4-19H2,1-3H3. The van der Waals surface area contributed by atoms with Crippen molar-refractivity contribution in [3.63, 3.8) is 0 Å². The minimum Gasteiger partial charge on any atom is -0.465 e. The molecule has 0 aromatic carbocycles. The highest BCUT2D eigenvalue weighted by molar-refractivity contribution is 6.04. The molecule has 0 bridgehead atoms. The summed E-state index contributed by atoms with van der Waals surface area (Å²) in [5, 5.41) is 0. The molecule has 174 valence electrons. The summed E-state index contributed by atoms with van der Waals surface area (Å²) in [5.41, 5.74) is -1.57. The van der Waals surface area contributed by atoms with E-state index in [0.717, 1.165) is 64.2 Å². The fourth-order valence-corrected chi connectivity index (χ4v) is 3.98. The quantitative estimate of drug-likeness (QED) is 0.152. The molecule has 1 unspecified atom stereocenters. The van der Waals surface area contributed by atoms with Crippen LogP contribution in [0, 0.1) is 11.3 Å². The molecule has 0 heterocycles. The molecule has 0 aromatic rings. The minimum atomic E-state index is -1.57. The van der Waals surface area contributed by atoms with E-state index in [0.29, 0.717) is 19.4 Å². The largest absolute Gasteiger partial charge is 0.465 e. The van der Waals surface area contributed by atoms with Gasteiger partial charge in [0.15, 0.2) is 5.41 Å². The Bertz CT molecular complexity index is 492. The summed E-state index contributed by atoms with van der Waals surface area (Å²) in [6.07, 6.45) is 10.4. The Morgan fingerprint density at radius 1 is 0.700 bits per heavy atom. The number of rotatable bonds is 15. The first kappa shape index (κ1) is 26.4. The van der Waals surface area contributed by atoms with E-state index in [-0.39, 0.29) is 19.6 Å². The van der Waals surface area contributed by atoms with Crippen molar-refractivity contribution < 1.29 is 28.6 Å². The first-order valence-electron chi connectivity index (χ1n) is 12.1. The van der Waals surface area contributed by atoms with Crippen LogP contribution in [0.2, 0.25) is 0 Å². The zero-order chi connectivity index (χ0) is 22.2. The molecule has 30 heavy (non-hydrogen) atoms. The monoisotopic (exact) mass is 426 g/mol. The molecule has 0 N–H and O–H groups in total. The molecule has 1 fully saturated rings. The molecule has 1 rings (SSSR count). The van der Waals surface area contributed by atoms with Crippen molar-refractivity contribution in [2.45, 2.75) is 104 Å². The van der Waals surface area contributed by atoms with E-state index in [2.05, 4.69) is 20.8 Å². The van der Waals surface area contributed by atoms with Crippen LogP contribution in [0.3, 0.4) is 0 Å². The second kappa shape index (κ2) is 15.2. The van der Waals surface area contributed by atoms with Crippen molar-refractivity contribution in [2.75, 3.05) is 19.8 Å². The lowest BCUT2D eigenvalue weighted by Gasteiger charge is -2.38. The maximum atomic E-state index is 13.2. The van der Waals surface area contributed by atoms with E-state index in [4.69, 9.17) is 14.2 Å². The molecule has 1 atom stereocenters. The van der Waals surface area contributed by atoms with Crippen LogP contribution < -0.4 is 0 Å². The van der Waals surface area contributed by atoms with Crippen LogP contribution in [0.4, 0.5) is 0 Å². The number of carbonyl (C=O) groups is 3. The fourth-order valence-electron chi connectivity index (χ4n) is 3.98. The molecule has 1 aliphatic carbocycles. The average molecular weight is 427 g/mol. The average Bonchev–Trinajstić information content (AvgIpc) is 2.76. The van der Waals surface area contributed by atoms with E-state index in [1.807, 2.05) is 0 Å². The molecule has 1 saturated carbocycles.